The Morgan fingerprint density at radius 3 is 2.50 bits per heavy atom. The first-order valence-electron chi connectivity index (χ1n) is 12.9. The number of alkyl halides is 2. The zero-order valence-electron chi connectivity index (χ0n) is 21.7. The minimum atomic E-state index is -3.02. The molecule has 3 rings (SSSR count). The molecule has 0 aromatic heterocycles. The van der Waals surface area contributed by atoms with Gasteiger partial charge in [0.15, 0.2) is 0 Å². The average Bonchev–Trinajstić information content (AvgIpc) is 2.86. The van der Waals surface area contributed by atoms with Gasteiger partial charge in [-0.3, -0.25) is 4.79 Å². The SMILES string of the molecule is C#CC1CCC(C(=O)C(C)c2ccc(C(C)Cc3cccc(C#CC(C)(F)F)c3)c(OCC)c2)CC1. The van der Waals surface area contributed by atoms with Gasteiger partial charge in [-0.2, -0.15) is 8.78 Å². The molecule has 1 saturated carbocycles. The summed E-state index contributed by atoms with van der Waals surface area (Å²) in [6.45, 7) is 7.37. The van der Waals surface area contributed by atoms with E-state index in [-0.39, 0.29) is 23.5 Å². The number of rotatable bonds is 8. The summed E-state index contributed by atoms with van der Waals surface area (Å²) in [7, 11) is 0. The number of ether oxygens (including phenoxy) is 1. The van der Waals surface area contributed by atoms with Gasteiger partial charge in [-0.1, -0.05) is 44.0 Å². The van der Waals surface area contributed by atoms with Gasteiger partial charge in [0.1, 0.15) is 11.5 Å². The smallest absolute Gasteiger partial charge is 0.305 e. The van der Waals surface area contributed by atoms with Crippen molar-refractivity contribution in [3.8, 4) is 29.9 Å². The molecule has 0 aliphatic heterocycles. The third-order valence-corrected chi connectivity index (χ3v) is 7.06. The van der Waals surface area contributed by atoms with Crippen LogP contribution in [-0.4, -0.2) is 18.3 Å². The van der Waals surface area contributed by atoms with E-state index >= 15 is 0 Å². The predicted molar refractivity (Wildman–Crippen MR) is 141 cm³/mol. The quantitative estimate of drug-likeness (QED) is 0.357. The molecule has 4 heteroatoms. The second-order valence-corrected chi connectivity index (χ2v) is 10.0. The molecule has 0 saturated heterocycles. The van der Waals surface area contributed by atoms with Crippen molar-refractivity contribution >= 4 is 5.78 Å². The number of terminal acetylenes is 1. The molecular weight excluding hydrogens is 454 g/mol. The lowest BCUT2D eigenvalue weighted by Crippen LogP contribution is -2.25. The van der Waals surface area contributed by atoms with E-state index in [1.165, 1.54) is 0 Å². The van der Waals surface area contributed by atoms with E-state index in [2.05, 4.69) is 24.8 Å². The summed E-state index contributed by atoms with van der Waals surface area (Å²) in [6.07, 6.45) is 9.86. The summed E-state index contributed by atoms with van der Waals surface area (Å²) < 4.78 is 32.2. The summed E-state index contributed by atoms with van der Waals surface area (Å²) in [4.78, 5) is 13.2. The zero-order valence-corrected chi connectivity index (χ0v) is 21.7. The largest absolute Gasteiger partial charge is 0.494 e. The molecular formula is C32H36F2O2. The van der Waals surface area contributed by atoms with Gasteiger partial charge in [-0.05, 0) is 85.8 Å². The van der Waals surface area contributed by atoms with Crippen LogP contribution in [-0.2, 0) is 11.2 Å². The molecule has 36 heavy (non-hydrogen) atoms. The van der Waals surface area contributed by atoms with Crippen molar-refractivity contribution in [3.05, 3.63) is 64.7 Å². The molecule has 2 aromatic carbocycles. The molecule has 2 unspecified atom stereocenters. The van der Waals surface area contributed by atoms with Crippen molar-refractivity contribution in [1.82, 2.24) is 0 Å². The van der Waals surface area contributed by atoms with Crippen molar-refractivity contribution < 1.29 is 18.3 Å². The summed E-state index contributed by atoms with van der Waals surface area (Å²) in [5.74, 6) is 5.74. The Morgan fingerprint density at radius 2 is 1.86 bits per heavy atom. The third-order valence-electron chi connectivity index (χ3n) is 7.06. The van der Waals surface area contributed by atoms with Crippen molar-refractivity contribution in [2.75, 3.05) is 6.61 Å². The third kappa shape index (κ3) is 7.44. The Bertz CT molecular complexity index is 1150. The number of benzene rings is 2. The van der Waals surface area contributed by atoms with Gasteiger partial charge >= 0.3 is 5.92 Å². The van der Waals surface area contributed by atoms with E-state index in [4.69, 9.17) is 11.2 Å². The second-order valence-electron chi connectivity index (χ2n) is 10.0. The fourth-order valence-corrected chi connectivity index (χ4v) is 4.99. The standard InChI is InChI=1S/C32H36F2O2/c1-6-24-11-13-27(14-12-24)31(35)23(4)28-15-16-29(30(21-28)36-7-2)22(3)19-26-10-8-9-25(20-26)17-18-32(5,33)34/h1,8-10,15-16,20-24,27H,7,11-14,19H2,2-5H3. The molecule has 2 nitrogen and oxygen atoms in total. The van der Waals surface area contributed by atoms with Gasteiger partial charge in [-0.25, -0.2) is 0 Å². The number of carbonyl (C=O) groups excluding carboxylic acids is 1. The molecule has 0 bridgehead atoms. The minimum Gasteiger partial charge on any atom is -0.494 e. The van der Waals surface area contributed by atoms with Crippen LogP contribution in [0.25, 0.3) is 0 Å². The molecule has 1 aliphatic carbocycles. The Balaban J connectivity index is 1.76. The summed E-state index contributed by atoms with van der Waals surface area (Å²) in [6, 6.07) is 13.5. The normalized spacial score (nSPS) is 19.4. The fourth-order valence-electron chi connectivity index (χ4n) is 4.99. The second kappa shape index (κ2) is 12.2. The van der Waals surface area contributed by atoms with E-state index in [0.717, 1.165) is 55.0 Å². The maximum Gasteiger partial charge on any atom is 0.305 e. The molecule has 1 aliphatic rings. The summed E-state index contributed by atoms with van der Waals surface area (Å²) in [5.41, 5.74) is 3.62. The molecule has 0 N–H and O–H groups in total. The number of hydrogen-bond donors (Lipinski definition) is 0. The molecule has 2 atom stereocenters. The lowest BCUT2D eigenvalue weighted by atomic mass is 9.76. The monoisotopic (exact) mass is 490 g/mol. The van der Waals surface area contributed by atoms with Crippen molar-refractivity contribution in [2.45, 2.75) is 77.6 Å². The molecule has 0 spiro atoms. The van der Waals surface area contributed by atoms with Crippen LogP contribution in [0.2, 0.25) is 0 Å². The van der Waals surface area contributed by atoms with Gasteiger partial charge in [0.2, 0.25) is 0 Å². The number of carbonyl (C=O) groups is 1. The highest BCUT2D eigenvalue weighted by molar-refractivity contribution is 5.87. The number of ketones is 1. The van der Waals surface area contributed by atoms with Crippen LogP contribution in [0.15, 0.2) is 42.5 Å². The lowest BCUT2D eigenvalue weighted by Gasteiger charge is -2.27. The van der Waals surface area contributed by atoms with Gasteiger partial charge in [0.05, 0.1) is 6.61 Å². The average molecular weight is 491 g/mol. The van der Waals surface area contributed by atoms with Gasteiger partial charge in [0.25, 0.3) is 0 Å². The van der Waals surface area contributed by atoms with Crippen molar-refractivity contribution in [2.24, 2.45) is 11.8 Å². The fraction of sp³-hybridized carbons (Fsp3) is 0.469. The van der Waals surface area contributed by atoms with E-state index in [1.807, 2.05) is 50.1 Å². The lowest BCUT2D eigenvalue weighted by molar-refractivity contribution is -0.125. The van der Waals surface area contributed by atoms with Crippen LogP contribution in [0, 0.1) is 36.0 Å². The van der Waals surface area contributed by atoms with E-state index in [9.17, 15) is 13.6 Å². The topological polar surface area (TPSA) is 26.3 Å². The number of Topliss-reactive ketones (excluding diaryl/α,β-unsaturated/α-hetero) is 1. The first-order valence-corrected chi connectivity index (χ1v) is 12.9. The molecule has 1 fully saturated rings. The van der Waals surface area contributed by atoms with Crippen LogP contribution in [0.5, 0.6) is 5.75 Å². The van der Waals surface area contributed by atoms with Crippen LogP contribution < -0.4 is 4.74 Å². The van der Waals surface area contributed by atoms with Gasteiger partial charge in [-0.15, -0.1) is 12.3 Å². The van der Waals surface area contributed by atoms with Crippen molar-refractivity contribution in [1.29, 1.82) is 0 Å². The molecule has 2 aromatic rings. The Labute approximate surface area is 214 Å². The Kier molecular flexibility index (Phi) is 9.33. The maximum atomic E-state index is 13.2. The predicted octanol–water partition coefficient (Wildman–Crippen LogP) is 7.55. The first kappa shape index (κ1) is 27.5. The van der Waals surface area contributed by atoms with Crippen LogP contribution in [0.4, 0.5) is 8.78 Å². The van der Waals surface area contributed by atoms with E-state index in [0.29, 0.717) is 24.5 Å². The highest BCUT2D eigenvalue weighted by Gasteiger charge is 2.29. The van der Waals surface area contributed by atoms with E-state index < -0.39 is 5.92 Å². The highest BCUT2D eigenvalue weighted by atomic mass is 19.3. The maximum absolute atomic E-state index is 13.2. The Morgan fingerprint density at radius 1 is 1.14 bits per heavy atom. The highest BCUT2D eigenvalue weighted by Crippen LogP contribution is 2.36. The molecule has 0 heterocycles. The van der Waals surface area contributed by atoms with Crippen LogP contribution in [0.1, 0.15) is 87.5 Å². The minimum absolute atomic E-state index is 0.0711. The van der Waals surface area contributed by atoms with Crippen LogP contribution in [0.3, 0.4) is 0 Å². The molecule has 0 amide bonds. The Hall–Kier alpha value is -3.11. The van der Waals surface area contributed by atoms with Gasteiger partial charge in [0, 0.05) is 30.2 Å². The number of hydrogen-bond acceptors (Lipinski definition) is 2. The number of halogens is 2. The zero-order chi connectivity index (χ0) is 26.3. The molecule has 190 valence electrons. The van der Waals surface area contributed by atoms with Crippen LogP contribution >= 0.6 is 0 Å². The first-order chi connectivity index (χ1) is 17.1. The van der Waals surface area contributed by atoms with Gasteiger partial charge < -0.3 is 4.74 Å². The summed E-state index contributed by atoms with van der Waals surface area (Å²) >= 11 is 0. The summed E-state index contributed by atoms with van der Waals surface area (Å²) in [5, 5.41) is 0. The van der Waals surface area contributed by atoms with E-state index in [1.54, 1.807) is 6.07 Å². The molecule has 0 radical (unpaired) electrons. The van der Waals surface area contributed by atoms with Crippen molar-refractivity contribution in [3.63, 3.8) is 0 Å².